The summed E-state index contributed by atoms with van der Waals surface area (Å²) in [4.78, 5) is 11.7. The van der Waals surface area contributed by atoms with E-state index in [0.717, 1.165) is 24.3 Å². The average molecular weight is 250 g/mol. The van der Waals surface area contributed by atoms with Gasteiger partial charge in [0.25, 0.3) is 0 Å². The molecular weight excluding hydrogens is 228 g/mol. The van der Waals surface area contributed by atoms with E-state index in [1.807, 2.05) is 24.3 Å². The second kappa shape index (κ2) is 7.71. The Hall–Kier alpha value is -1.55. The van der Waals surface area contributed by atoms with Gasteiger partial charge >= 0.3 is 0 Å². The number of carbonyl (C=O) groups excluding carboxylic acids is 1. The van der Waals surface area contributed by atoms with Gasteiger partial charge in [-0.3, -0.25) is 4.79 Å². The quantitative estimate of drug-likeness (QED) is 0.781. The van der Waals surface area contributed by atoms with Crippen molar-refractivity contribution in [1.29, 1.82) is 0 Å². The summed E-state index contributed by atoms with van der Waals surface area (Å²) in [6.07, 6.45) is 2.07. The van der Waals surface area contributed by atoms with Gasteiger partial charge in [-0.05, 0) is 37.1 Å². The molecule has 1 amide bonds. The maximum Gasteiger partial charge on any atom is 0.238 e. The number of hydrogen-bond donors (Lipinski definition) is 2. The van der Waals surface area contributed by atoms with E-state index in [1.54, 1.807) is 7.11 Å². The molecule has 0 bridgehead atoms. The molecule has 0 aromatic heterocycles. The lowest BCUT2D eigenvalue weighted by molar-refractivity contribution is -0.115. The zero-order valence-corrected chi connectivity index (χ0v) is 11.3. The lowest BCUT2D eigenvalue weighted by Crippen LogP contribution is -2.35. The average Bonchev–Trinajstić information content (AvgIpc) is 2.41. The molecule has 0 atom stereocenters. The van der Waals surface area contributed by atoms with Gasteiger partial charge in [0.05, 0.1) is 13.7 Å². The number of ether oxygens (including phenoxy) is 1. The van der Waals surface area contributed by atoms with Crippen molar-refractivity contribution in [2.45, 2.75) is 32.7 Å². The van der Waals surface area contributed by atoms with Gasteiger partial charge in [-0.1, -0.05) is 13.8 Å². The van der Waals surface area contributed by atoms with Crippen LogP contribution in [0.5, 0.6) is 5.75 Å². The first-order chi connectivity index (χ1) is 8.69. The number of rotatable bonds is 7. The lowest BCUT2D eigenvalue weighted by atomic mass is 10.2. The van der Waals surface area contributed by atoms with Crippen LogP contribution in [-0.2, 0) is 4.79 Å². The van der Waals surface area contributed by atoms with Gasteiger partial charge in [-0.25, -0.2) is 0 Å². The molecule has 0 heterocycles. The molecule has 0 saturated carbocycles. The van der Waals surface area contributed by atoms with Crippen molar-refractivity contribution in [3.8, 4) is 5.75 Å². The Bertz CT molecular complexity index is 359. The van der Waals surface area contributed by atoms with Crippen LogP contribution < -0.4 is 15.4 Å². The fraction of sp³-hybridized carbons (Fsp3) is 0.500. The summed E-state index contributed by atoms with van der Waals surface area (Å²) >= 11 is 0. The third-order valence-electron chi connectivity index (χ3n) is 2.91. The van der Waals surface area contributed by atoms with Gasteiger partial charge in [0, 0.05) is 11.7 Å². The van der Waals surface area contributed by atoms with Crippen LogP contribution >= 0.6 is 0 Å². The maximum atomic E-state index is 11.7. The van der Waals surface area contributed by atoms with Crippen molar-refractivity contribution in [3.63, 3.8) is 0 Å². The first kappa shape index (κ1) is 14.5. The first-order valence-electron chi connectivity index (χ1n) is 6.36. The van der Waals surface area contributed by atoms with Gasteiger partial charge in [-0.15, -0.1) is 0 Å². The van der Waals surface area contributed by atoms with Crippen LogP contribution in [-0.4, -0.2) is 25.6 Å². The molecule has 2 N–H and O–H groups in total. The van der Waals surface area contributed by atoms with E-state index in [4.69, 9.17) is 4.74 Å². The molecule has 1 aromatic rings. The summed E-state index contributed by atoms with van der Waals surface area (Å²) in [6, 6.07) is 7.71. The fourth-order valence-corrected chi connectivity index (χ4v) is 1.69. The number of carbonyl (C=O) groups is 1. The maximum absolute atomic E-state index is 11.7. The molecule has 0 unspecified atom stereocenters. The Morgan fingerprint density at radius 2 is 1.83 bits per heavy atom. The molecule has 0 radical (unpaired) electrons. The van der Waals surface area contributed by atoms with Crippen LogP contribution in [0.2, 0.25) is 0 Å². The SMILES string of the molecule is CCC(CC)NCC(=O)Nc1ccc(OC)cc1. The molecule has 0 fully saturated rings. The summed E-state index contributed by atoms with van der Waals surface area (Å²) < 4.78 is 5.06. The van der Waals surface area contributed by atoms with Crippen molar-refractivity contribution in [2.24, 2.45) is 0 Å². The highest BCUT2D eigenvalue weighted by atomic mass is 16.5. The topological polar surface area (TPSA) is 50.4 Å². The minimum absolute atomic E-state index is 0.0212. The standard InChI is InChI=1S/C14H22N2O2/c1-4-11(5-2)15-10-14(17)16-12-6-8-13(18-3)9-7-12/h6-9,11,15H,4-5,10H2,1-3H3,(H,16,17). The molecule has 0 aliphatic rings. The number of amides is 1. The number of hydrogen-bond acceptors (Lipinski definition) is 3. The van der Waals surface area contributed by atoms with Gasteiger partial charge in [0.15, 0.2) is 0 Å². The van der Waals surface area contributed by atoms with Crippen molar-refractivity contribution in [3.05, 3.63) is 24.3 Å². The van der Waals surface area contributed by atoms with Crippen molar-refractivity contribution in [1.82, 2.24) is 5.32 Å². The zero-order chi connectivity index (χ0) is 13.4. The predicted octanol–water partition coefficient (Wildman–Crippen LogP) is 2.41. The van der Waals surface area contributed by atoms with Gasteiger partial charge in [-0.2, -0.15) is 0 Å². The van der Waals surface area contributed by atoms with Crippen LogP contribution in [0.1, 0.15) is 26.7 Å². The van der Waals surface area contributed by atoms with E-state index < -0.39 is 0 Å². The van der Waals surface area contributed by atoms with Crippen LogP contribution in [0.4, 0.5) is 5.69 Å². The number of methoxy groups -OCH3 is 1. The molecule has 4 heteroatoms. The van der Waals surface area contributed by atoms with E-state index in [1.165, 1.54) is 0 Å². The molecule has 4 nitrogen and oxygen atoms in total. The summed E-state index contributed by atoms with van der Waals surface area (Å²) in [7, 11) is 1.62. The van der Waals surface area contributed by atoms with Crippen molar-refractivity contribution in [2.75, 3.05) is 19.0 Å². The molecule has 1 rings (SSSR count). The van der Waals surface area contributed by atoms with Crippen LogP contribution in [0, 0.1) is 0 Å². The van der Waals surface area contributed by atoms with Crippen molar-refractivity contribution >= 4 is 11.6 Å². The number of anilines is 1. The Labute approximate surface area is 109 Å². The first-order valence-corrected chi connectivity index (χ1v) is 6.36. The molecule has 100 valence electrons. The fourth-order valence-electron chi connectivity index (χ4n) is 1.69. The molecule has 18 heavy (non-hydrogen) atoms. The molecular formula is C14H22N2O2. The Morgan fingerprint density at radius 1 is 1.22 bits per heavy atom. The van der Waals surface area contributed by atoms with Gasteiger partial charge in [0.2, 0.25) is 5.91 Å². The van der Waals surface area contributed by atoms with Gasteiger partial charge < -0.3 is 15.4 Å². The van der Waals surface area contributed by atoms with Gasteiger partial charge in [0.1, 0.15) is 5.75 Å². The summed E-state index contributed by atoms with van der Waals surface area (Å²) in [5.74, 6) is 0.759. The van der Waals surface area contributed by atoms with Crippen molar-refractivity contribution < 1.29 is 9.53 Å². The van der Waals surface area contributed by atoms with E-state index in [2.05, 4.69) is 24.5 Å². The third-order valence-corrected chi connectivity index (χ3v) is 2.91. The second-order valence-corrected chi connectivity index (χ2v) is 4.17. The Kier molecular flexibility index (Phi) is 6.22. The molecule has 1 aromatic carbocycles. The van der Waals surface area contributed by atoms with Crippen LogP contribution in [0.25, 0.3) is 0 Å². The minimum Gasteiger partial charge on any atom is -0.497 e. The third kappa shape index (κ3) is 4.75. The molecule has 0 aliphatic carbocycles. The van der Waals surface area contributed by atoms with E-state index in [9.17, 15) is 4.79 Å². The van der Waals surface area contributed by atoms with E-state index in [-0.39, 0.29) is 5.91 Å². The highest BCUT2D eigenvalue weighted by Crippen LogP contribution is 2.14. The molecule has 0 saturated heterocycles. The Balaban J connectivity index is 2.39. The summed E-state index contributed by atoms with van der Waals surface area (Å²) in [5.41, 5.74) is 0.784. The minimum atomic E-state index is -0.0212. The highest BCUT2D eigenvalue weighted by Gasteiger charge is 2.06. The summed E-state index contributed by atoms with van der Waals surface area (Å²) in [6.45, 7) is 4.57. The largest absolute Gasteiger partial charge is 0.497 e. The monoisotopic (exact) mass is 250 g/mol. The smallest absolute Gasteiger partial charge is 0.238 e. The van der Waals surface area contributed by atoms with E-state index in [0.29, 0.717) is 12.6 Å². The number of nitrogens with one attached hydrogen (secondary N) is 2. The Morgan fingerprint density at radius 3 is 2.33 bits per heavy atom. The lowest BCUT2D eigenvalue weighted by Gasteiger charge is -2.14. The predicted molar refractivity (Wildman–Crippen MR) is 74.0 cm³/mol. The zero-order valence-electron chi connectivity index (χ0n) is 11.3. The van der Waals surface area contributed by atoms with Crippen LogP contribution in [0.3, 0.4) is 0 Å². The molecule has 0 aliphatic heterocycles. The van der Waals surface area contributed by atoms with Crippen LogP contribution in [0.15, 0.2) is 24.3 Å². The normalized spacial score (nSPS) is 10.4. The highest BCUT2D eigenvalue weighted by molar-refractivity contribution is 5.92. The summed E-state index contributed by atoms with van der Waals surface area (Å²) in [5, 5.41) is 6.06. The number of benzene rings is 1. The second-order valence-electron chi connectivity index (χ2n) is 4.17. The van der Waals surface area contributed by atoms with E-state index >= 15 is 0 Å². The molecule has 0 spiro atoms.